The van der Waals surface area contributed by atoms with Crippen molar-refractivity contribution in [2.75, 3.05) is 5.88 Å². The van der Waals surface area contributed by atoms with Crippen molar-refractivity contribution >= 4 is 11.6 Å². The van der Waals surface area contributed by atoms with E-state index in [2.05, 4.69) is 10.1 Å². The summed E-state index contributed by atoms with van der Waals surface area (Å²) in [6.45, 7) is 0.596. The van der Waals surface area contributed by atoms with Crippen LogP contribution in [0.15, 0.2) is 24.3 Å². The van der Waals surface area contributed by atoms with Gasteiger partial charge < -0.3 is 10.1 Å². The number of rotatable bonds is 5. The van der Waals surface area contributed by atoms with Crippen LogP contribution >= 0.6 is 11.6 Å². The normalized spacial score (nSPS) is 18.5. The molecular formula is C15H19ClF3NO. The molecule has 0 bridgehead atoms. The van der Waals surface area contributed by atoms with Gasteiger partial charge in [-0.2, -0.15) is 0 Å². The van der Waals surface area contributed by atoms with Gasteiger partial charge in [0.1, 0.15) is 5.75 Å². The molecule has 1 aromatic carbocycles. The minimum Gasteiger partial charge on any atom is -0.406 e. The van der Waals surface area contributed by atoms with Crippen molar-refractivity contribution in [3.05, 3.63) is 29.8 Å². The molecule has 0 atom stereocenters. The molecule has 6 heteroatoms. The van der Waals surface area contributed by atoms with Gasteiger partial charge >= 0.3 is 6.36 Å². The zero-order valence-corrected chi connectivity index (χ0v) is 12.4. The van der Waals surface area contributed by atoms with Crippen LogP contribution in [0.4, 0.5) is 13.2 Å². The molecule has 21 heavy (non-hydrogen) atoms. The topological polar surface area (TPSA) is 21.3 Å². The number of benzene rings is 1. The maximum atomic E-state index is 12.1. The van der Waals surface area contributed by atoms with Crippen LogP contribution in [0.5, 0.6) is 5.75 Å². The van der Waals surface area contributed by atoms with Gasteiger partial charge in [-0.25, -0.2) is 0 Å². The molecule has 1 aliphatic carbocycles. The molecule has 2 nitrogen and oxygen atoms in total. The average molecular weight is 322 g/mol. The summed E-state index contributed by atoms with van der Waals surface area (Å²) in [5, 5.41) is 3.47. The predicted octanol–water partition coefficient (Wildman–Crippen LogP) is 4.62. The summed E-state index contributed by atoms with van der Waals surface area (Å²) < 4.78 is 40.1. The van der Waals surface area contributed by atoms with Gasteiger partial charge in [0.05, 0.1) is 0 Å². The molecule has 0 amide bonds. The van der Waals surface area contributed by atoms with E-state index >= 15 is 0 Å². The fourth-order valence-electron chi connectivity index (χ4n) is 2.68. The predicted molar refractivity (Wildman–Crippen MR) is 76.5 cm³/mol. The van der Waals surface area contributed by atoms with Crippen molar-refractivity contribution in [1.82, 2.24) is 5.32 Å². The number of alkyl halides is 4. The lowest BCUT2D eigenvalue weighted by molar-refractivity contribution is -0.274. The van der Waals surface area contributed by atoms with Crippen LogP contribution in [-0.4, -0.2) is 17.8 Å². The molecule has 0 saturated heterocycles. The highest BCUT2D eigenvalue weighted by molar-refractivity contribution is 6.18. The third kappa shape index (κ3) is 5.08. The van der Waals surface area contributed by atoms with Gasteiger partial charge in [-0.15, -0.1) is 24.8 Å². The van der Waals surface area contributed by atoms with E-state index in [1.165, 1.54) is 18.6 Å². The molecule has 0 radical (unpaired) electrons. The summed E-state index contributed by atoms with van der Waals surface area (Å²) in [5.41, 5.74) is 0.876. The highest BCUT2D eigenvalue weighted by atomic mass is 35.5. The Labute approximate surface area is 127 Å². The van der Waals surface area contributed by atoms with Crippen LogP contribution in [0.3, 0.4) is 0 Å². The molecule has 1 fully saturated rings. The fraction of sp³-hybridized carbons (Fsp3) is 0.600. The summed E-state index contributed by atoms with van der Waals surface area (Å²) in [7, 11) is 0. The van der Waals surface area contributed by atoms with Crippen LogP contribution in [0.1, 0.15) is 37.7 Å². The molecule has 0 aromatic heterocycles. The first-order valence-electron chi connectivity index (χ1n) is 7.08. The number of ether oxygens (including phenoxy) is 1. The lowest BCUT2D eigenvalue weighted by Crippen LogP contribution is -2.48. The Kier molecular flexibility index (Phi) is 5.38. The van der Waals surface area contributed by atoms with E-state index in [1.807, 2.05) is 0 Å². The number of hydrogen-bond acceptors (Lipinski definition) is 2. The zero-order chi connectivity index (χ0) is 15.3. The van der Waals surface area contributed by atoms with E-state index in [0.29, 0.717) is 12.4 Å². The maximum absolute atomic E-state index is 12.1. The molecule has 0 aliphatic heterocycles. The van der Waals surface area contributed by atoms with E-state index in [1.54, 1.807) is 12.1 Å². The first-order chi connectivity index (χ1) is 9.92. The van der Waals surface area contributed by atoms with Gasteiger partial charge in [0.15, 0.2) is 0 Å². The van der Waals surface area contributed by atoms with Crippen molar-refractivity contribution < 1.29 is 17.9 Å². The van der Waals surface area contributed by atoms with Crippen LogP contribution < -0.4 is 10.1 Å². The Hall–Kier alpha value is -0.940. The Morgan fingerprint density at radius 3 is 2.24 bits per heavy atom. The van der Waals surface area contributed by atoms with Crippen molar-refractivity contribution in [1.29, 1.82) is 0 Å². The Morgan fingerprint density at radius 1 is 1.10 bits per heavy atom. The summed E-state index contributed by atoms with van der Waals surface area (Å²) in [4.78, 5) is 0. The van der Waals surface area contributed by atoms with Gasteiger partial charge in [-0.05, 0) is 30.5 Å². The first-order valence-corrected chi connectivity index (χ1v) is 7.62. The van der Waals surface area contributed by atoms with Crippen molar-refractivity contribution in [3.8, 4) is 5.75 Å². The highest BCUT2D eigenvalue weighted by Gasteiger charge is 2.31. The van der Waals surface area contributed by atoms with E-state index in [9.17, 15) is 13.2 Å². The lowest BCUT2D eigenvalue weighted by atomic mass is 9.83. The minimum atomic E-state index is -4.65. The quantitative estimate of drug-likeness (QED) is 0.799. The Morgan fingerprint density at radius 2 is 1.71 bits per heavy atom. The molecule has 2 rings (SSSR count). The molecule has 1 aliphatic rings. The molecule has 0 unspecified atom stereocenters. The molecule has 1 saturated carbocycles. The minimum absolute atomic E-state index is 0.0407. The standard InChI is InChI=1S/C15H19ClF3NO/c16-11-14(8-2-1-3-9-14)20-10-12-4-6-13(7-5-12)21-15(17,18)19/h4-7,20H,1-3,8-11H2. The first kappa shape index (κ1) is 16.4. The lowest BCUT2D eigenvalue weighted by Gasteiger charge is -2.36. The second kappa shape index (κ2) is 6.88. The molecular weight excluding hydrogens is 303 g/mol. The Bertz CT molecular complexity index is 441. The summed E-state index contributed by atoms with van der Waals surface area (Å²) in [6, 6.07) is 5.94. The van der Waals surface area contributed by atoms with E-state index < -0.39 is 6.36 Å². The molecule has 0 spiro atoms. The molecule has 1 N–H and O–H groups in total. The maximum Gasteiger partial charge on any atom is 0.573 e. The highest BCUT2D eigenvalue weighted by Crippen LogP contribution is 2.30. The van der Waals surface area contributed by atoms with E-state index in [4.69, 9.17) is 11.6 Å². The van der Waals surface area contributed by atoms with Gasteiger partial charge in [0.25, 0.3) is 0 Å². The Balaban J connectivity index is 1.91. The third-order valence-electron chi connectivity index (χ3n) is 3.89. The second-order valence-corrected chi connectivity index (χ2v) is 5.79. The molecule has 1 aromatic rings. The summed E-state index contributed by atoms with van der Waals surface area (Å²) in [5.74, 6) is 0.360. The van der Waals surface area contributed by atoms with E-state index in [0.717, 1.165) is 31.2 Å². The average Bonchev–Trinajstić information content (AvgIpc) is 2.46. The summed E-state index contributed by atoms with van der Waals surface area (Å²) >= 11 is 6.09. The SMILES string of the molecule is FC(F)(F)Oc1ccc(CNC2(CCl)CCCCC2)cc1. The molecule has 118 valence electrons. The van der Waals surface area contributed by atoms with E-state index in [-0.39, 0.29) is 11.3 Å². The van der Waals surface area contributed by atoms with Crippen LogP contribution in [-0.2, 0) is 6.54 Å². The monoisotopic (exact) mass is 321 g/mol. The fourth-order valence-corrected chi connectivity index (χ4v) is 3.05. The van der Waals surface area contributed by atoms with Crippen molar-refractivity contribution in [2.24, 2.45) is 0 Å². The number of hydrogen-bond donors (Lipinski definition) is 1. The summed E-state index contributed by atoms with van der Waals surface area (Å²) in [6.07, 6.45) is 1.02. The zero-order valence-electron chi connectivity index (χ0n) is 11.7. The molecule has 0 heterocycles. The van der Waals surface area contributed by atoms with Crippen LogP contribution in [0.2, 0.25) is 0 Å². The van der Waals surface area contributed by atoms with Gasteiger partial charge in [0.2, 0.25) is 0 Å². The smallest absolute Gasteiger partial charge is 0.406 e. The van der Waals surface area contributed by atoms with Gasteiger partial charge in [0, 0.05) is 18.0 Å². The van der Waals surface area contributed by atoms with Crippen LogP contribution in [0.25, 0.3) is 0 Å². The van der Waals surface area contributed by atoms with Gasteiger partial charge in [-0.1, -0.05) is 31.4 Å². The van der Waals surface area contributed by atoms with Crippen molar-refractivity contribution in [3.63, 3.8) is 0 Å². The largest absolute Gasteiger partial charge is 0.573 e. The van der Waals surface area contributed by atoms with Crippen LogP contribution in [0, 0.1) is 0 Å². The number of nitrogens with one attached hydrogen (secondary N) is 1. The van der Waals surface area contributed by atoms with Crippen molar-refractivity contribution in [2.45, 2.75) is 50.6 Å². The second-order valence-electron chi connectivity index (χ2n) is 5.52. The third-order valence-corrected chi connectivity index (χ3v) is 4.40. The number of halogens is 4. The van der Waals surface area contributed by atoms with Gasteiger partial charge in [-0.3, -0.25) is 0 Å².